The SMILES string of the molecule is CCC(C(C)=O)C(C)=O.[CaH2]. The van der Waals surface area contributed by atoms with E-state index in [4.69, 9.17) is 0 Å². The molecule has 0 aliphatic rings. The summed E-state index contributed by atoms with van der Waals surface area (Å²) in [4.78, 5) is 21.2. The van der Waals surface area contributed by atoms with E-state index in [1.54, 1.807) is 0 Å². The minimum atomic E-state index is -0.356. The van der Waals surface area contributed by atoms with E-state index in [0.29, 0.717) is 6.42 Å². The summed E-state index contributed by atoms with van der Waals surface area (Å²) >= 11 is 0. The van der Waals surface area contributed by atoms with Gasteiger partial charge >= 0.3 is 37.7 Å². The van der Waals surface area contributed by atoms with E-state index in [9.17, 15) is 9.59 Å². The van der Waals surface area contributed by atoms with Crippen molar-refractivity contribution < 1.29 is 9.59 Å². The molecule has 0 aliphatic heterocycles. The average molecular weight is 170 g/mol. The Morgan fingerprint density at radius 3 is 1.50 bits per heavy atom. The number of hydrogen-bond acceptors (Lipinski definition) is 2. The third-order valence-corrected chi connectivity index (χ3v) is 1.39. The van der Waals surface area contributed by atoms with Crippen LogP contribution in [-0.2, 0) is 9.59 Å². The third kappa shape index (κ3) is 4.42. The molecule has 0 spiro atoms. The second-order valence-corrected chi connectivity index (χ2v) is 2.18. The molecule has 0 saturated heterocycles. The van der Waals surface area contributed by atoms with Gasteiger partial charge in [-0.05, 0) is 20.3 Å². The molecule has 10 heavy (non-hydrogen) atoms. The second kappa shape index (κ2) is 6.32. The second-order valence-electron chi connectivity index (χ2n) is 2.18. The first-order valence-electron chi connectivity index (χ1n) is 3.10. The number of hydrogen-bond donors (Lipinski definition) is 0. The first-order valence-corrected chi connectivity index (χ1v) is 3.10. The van der Waals surface area contributed by atoms with Gasteiger partial charge in [0.2, 0.25) is 0 Å². The van der Waals surface area contributed by atoms with Crippen molar-refractivity contribution >= 4 is 49.3 Å². The van der Waals surface area contributed by atoms with Crippen molar-refractivity contribution in [3.8, 4) is 0 Å². The van der Waals surface area contributed by atoms with Crippen LogP contribution in [0.5, 0.6) is 0 Å². The fraction of sp³-hybridized carbons (Fsp3) is 0.714. The monoisotopic (exact) mass is 170 g/mol. The van der Waals surface area contributed by atoms with Crippen molar-refractivity contribution in [1.29, 1.82) is 0 Å². The molecule has 0 N–H and O–H groups in total. The molecule has 56 valence electrons. The number of carbonyl (C=O) groups excluding carboxylic acids is 2. The molecule has 0 heterocycles. The van der Waals surface area contributed by atoms with Gasteiger partial charge in [-0.2, -0.15) is 0 Å². The van der Waals surface area contributed by atoms with E-state index in [1.165, 1.54) is 13.8 Å². The van der Waals surface area contributed by atoms with Crippen molar-refractivity contribution in [3.63, 3.8) is 0 Å². The van der Waals surface area contributed by atoms with Crippen molar-refractivity contribution in [2.75, 3.05) is 0 Å². The average Bonchev–Trinajstić information content (AvgIpc) is 1.64. The summed E-state index contributed by atoms with van der Waals surface area (Å²) in [6, 6.07) is 0. The molecular formula is C7H14CaO2. The first kappa shape index (κ1) is 13.2. The van der Waals surface area contributed by atoms with Crippen LogP contribution in [0.2, 0.25) is 0 Å². The van der Waals surface area contributed by atoms with E-state index in [0.717, 1.165) is 0 Å². The maximum atomic E-state index is 10.6. The van der Waals surface area contributed by atoms with Gasteiger partial charge in [0.1, 0.15) is 11.6 Å². The molecular weight excluding hydrogens is 156 g/mol. The molecule has 0 fully saturated rings. The molecule has 0 rings (SSSR count). The van der Waals surface area contributed by atoms with Crippen LogP contribution >= 0.6 is 0 Å². The van der Waals surface area contributed by atoms with Crippen molar-refractivity contribution in [2.45, 2.75) is 27.2 Å². The van der Waals surface area contributed by atoms with Crippen LogP contribution in [0.3, 0.4) is 0 Å². The standard InChI is InChI=1S/C7H12O2.Ca.2H/c1-4-7(5(2)8)6(3)9;;;/h7H,4H2,1-3H3;;;. The van der Waals surface area contributed by atoms with Crippen LogP contribution < -0.4 is 0 Å². The van der Waals surface area contributed by atoms with Gasteiger partial charge in [-0.1, -0.05) is 6.92 Å². The summed E-state index contributed by atoms with van der Waals surface area (Å²) in [5.74, 6) is -0.403. The Bertz CT molecular complexity index is 118. The van der Waals surface area contributed by atoms with Crippen LogP contribution in [0, 0.1) is 5.92 Å². The molecule has 0 amide bonds. The quantitative estimate of drug-likeness (QED) is 0.450. The molecule has 0 aromatic heterocycles. The molecule has 3 heteroatoms. The van der Waals surface area contributed by atoms with Crippen LogP contribution in [-0.4, -0.2) is 49.3 Å². The normalized spacial score (nSPS) is 8.80. The van der Waals surface area contributed by atoms with Crippen molar-refractivity contribution in [3.05, 3.63) is 0 Å². The zero-order valence-electron chi connectivity index (χ0n) is 6.10. The molecule has 0 bridgehead atoms. The van der Waals surface area contributed by atoms with E-state index in [2.05, 4.69) is 0 Å². The number of carbonyl (C=O) groups is 2. The number of rotatable bonds is 3. The number of ketones is 2. The summed E-state index contributed by atoms with van der Waals surface area (Å²) in [5.41, 5.74) is 0. The molecule has 0 saturated carbocycles. The molecule has 0 atom stereocenters. The van der Waals surface area contributed by atoms with Crippen LogP contribution in [0.25, 0.3) is 0 Å². The molecule has 0 aromatic rings. The van der Waals surface area contributed by atoms with E-state index >= 15 is 0 Å². The van der Waals surface area contributed by atoms with Crippen molar-refractivity contribution in [1.82, 2.24) is 0 Å². The van der Waals surface area contributed by atoms with Gasteiger partial charge in [0.05, 0.1) is 5.92 Å². The van der Waals surface area contributed by atoms with Gasteiger partial charge in [0.15, 0.2) is 0 Å². The zero-order chi connectivity index (χ0) is 7.44. The van der Waals surface area contributed by atoms with Gasteiger partial charge in [-0.3, -0.25) is 9.59 Å². The molecule has 0 aromatic carbocycles. The molecule has 0 aliphatic carbocycles. The topological polar surface area (TPSA) is 34.1 Å². The van der Waals surface area contributed by atoms with Gasteiger partial charge in [0, 0.05) is 0 Å². The first-order chi connectivity index (χ1) is 4.09. The Labute approximate surface area is 91.4 Å². The minimum absolute atomic E-state index is 0. The Hall–Kier alpha value is 0.600. The summed E-state index contributed by atoms with van der Waals surface area (Å²) in [6.07, 6.45) is 0.630. The van der Waals surface area contributed by atoms with Gasteiger partial charge in [-0.25, -0.2) is 0 Å². The zero-order valence-corrected chi connectivity index (χ0v) is 6.10. The maximum absolute atomic E-state index is 10.6. The van der Waals surface area contributed by atoms with E-state index in [-0.39, 0.29) is 55.2 Å². The van der Waals surface area contributed by atoms with Gasteiger partial charge in [-0.15, -0.1) is 0 Å². The summed E-state index contributed by atoms with van der Waals surface area (Å²) in [5, 5.41) is 0. The predicted octanol–water partition coefficient (Wildman–Crippen LogP) is 0.274. The molecule has 0 radical (unpaired) electrons. The van der Waals surface area contributed by atoms with E-state index in [1.807, 2.05) is 6.92 Å². The number of Topliss-reactive ketones (excluding diaryl/α,β-unsaturated/α-hetero) is 2. The third-order valence-electron chi connectivity index (χ3n) is 1.39. The Kier molecular flexibility index (Phi) is 8.35. The van der Waals surface area contributed by atoms with E-state index < -0.39 is 0 Å². The fourth-order valence-electron chi connectivity index (χ4n) is 0.861. The predicted molar refractivity (Wildman–Crippen MR) is 43.7 cm³/mol. The van der Waals surface area contributed by atoms with Gasteiger partial charge in [0.25, 0.3) is 0 Å². The molecule has 0 unspecified atom stereocenters. The summed E-state index contributed by atoms with van der Waals surface area (Å²) < 4.78 is 0. The summed E-state index contributed by atoms with van der Waals surface area (Å²) in [7, 11) is 0. The van der Waals surface area contributed by atoms with Crippen LogP contribution in [0.1, 0.15) is 27.2 Å². The Morgan fingerprint density at radius 1 is 1.20 bits per heavy atom. The summed E-state index contributed by atoms with van der Waals surface area (Å²) in [6.45, 7) is 4.75. The Balaban J connectivity index is 0. The van der Waals surface area contributed by atoms with Crippen LogP contribution in [0.15, 0.2) is 0 Å². The fourth-order valence-corrected chi connectivity index (χ4v) is 0.861. The molecule has 2 nitrogen and oxygen atoms in total. The van der Waals surface area contributed by atoms with Crippen LogP contribution in [0.4, 0.5) is 0 Å². The van der Waals surface area contributed by atoms with Gasteiger partial charge < -0.3 is 0 Å². The van der Waals surface area contributed by atoms with Crippen molar-refractivity contribution in [2.24, 2.45) is 5.92 Å². The Morgan fingerprint density at radius 2 is 1.50 bits per heavy atom.